The Morgan fingerprint density at radius 2 is 2.08 bits per heavy atom. The van der Waals surface area contributed by atoms with Crippen LogP contribution in [-0.2, 0) is 14.8 Å². The Morgan fingerprint density at radius 3 is 2.83 bits per heavy atom. The van der Waals surface area contributed by atoms with Gasteiger partial charge in [-0.05, 0) is 30.9 Å². The van der Waals surface area contributed by atoms with E-state index in [0.29, 0.717) is 31.1 Å². The van der Waals surface area contributed by atoms with Gasteiger partial charge in [0.1, 0.15) is 6.61 Å². The number of nitrogens with one attached hydrogen (secondary N) is 1. The molecule has 1 N–H and O–H groups in total. The number of para-hydroxylation sites is 2. The molecule has 7 nitrogen and oxygen atoms in total. The lowest BCUT2D eigenvalue weighted by Crippen LogP contribution is -2.51. The third-order valence-corrected chi connectivity index (χ3v) is 4.94. The van der Waals surface area contributed by atoms with Crippen LogP contribution in [-0.4, -0.2) is 57.8 Å². The molecule has 0 saturated carbocycles. The maximum atomic E-state index is 12.7. The van der Waals surface area contributed by atoms with E-state index in [0.717, 1.165) is 19.1 Å². The number of amides is 1. The largest absolute Gasteiger partial charge is 0.485 e. The normalized spacial score (nSPS) is 23.8. The summed E-state index contributed by atoms with van der Waals surface area (Å²) in [6, 6.07) is 7.28. The molecule has 1 amide bonds. The topological polar surface area (TPSA) is 84.9 Å². The lowest BCUT2D eigenvalue weighted by atomic mass is 9.98. The summed E-state index contributed by atoms with van der Waals surface area (Å²) in [7, 11) is -3.21. The molecule has 3 rings (SSSR count). The van der Waals surface area contributed by atoms with Crippen molar-refractivity contribution in [2.45, 2.75) is 18.9 Å². The molecule has 0 spiro atoms. The summed E-state index contributed by atoms with van der Waals surface area (Å²) in [5.41, 5.74) is 0. The van der Waals surface area contributed by atoms with E-state index in [1.807, 2.05) is 18.2 Å². The number of ether oxygens (including phenoxy) is 2. The first-order valence-electron chi connectivity index (χ1n) is 8.04. The Morgan fingerprint density at radius 1 is 1.33 bits per heavy atom. The zero-order valence-corrected chi connectivity index (χ0v) is 14.4. The van der Waals surface area contributed by atoms with E-state index in [9.17, 15) is 13.2 Å². The lowest BCUT2D eigenvalue weighted by molar-refractivity contribution is -0.143. The maximum absolute atomic E-state index is 12.7. The van der Waals surface area contributed by atoms with Crippen LogP contribution in [0.4, 0.5) is 0 Å². The van der Waals surface area contributed by atoms with Gasteiger partial charge >= 0.3 is 0 Å². The van der Waals surface area contributed by atoms with Gasteiger partial charge in [0.2, 0.25) is 16.1 Å². The molecule has 0 bridgehead atoms. The number of piperidine rings is 1. The Hall–Kier alpha value is -1.80. The number of nitrogens with zero attached hydrogens (tertiary/aromatic N) is 1. The van der Waals surface area contributed by atoms with Gasteiger partial charge in [0, 0.05) is 19.6 Å². The van der Waals surface area contributed by atoms with Crippen LogP contribution in [0.25, 0.3) is 0 Å². The number of hydrogen-bond donors (Lipinski definition) is 1. The van der Waals surface area contributed by atoms with Crippen molar-refractivity contribution < 1.29 is 22.7 Å². The molecule has 0 aliphatic carbocycles. The fraction of sp³-hybridized carbons (Fsp3) is 0.562. The summed E-state index contributed by atoms with van der Waals surface area (Å²) >= 11 is 0. The molecule has 1 aromatic rings. The van der Waals surface area contributed by atoms with Gasteiger partial charge in [0.25, 0.3) is 5.91 Å². The van der Waals surface area contributed by atoms with Crippen molar-refractivity contribution >= 4 is 15.9 Å². The minimum atomic E-state index is -3.21. The molecule has 1 fully saturated rings. The molecule has 0 aromatic heterocycles. The fourth-order valence-electron chi connectivity index (χ4n) is 3.05. The van der Waals surface area contributed by atoms with Crippen molar-refractivity contribution in [2.75, 3.05) is 32.5 Å². The molecule has 2 heterocycles. The molecule has 1 saturated heterocycles. The highest BCUT2D eigenvalue weighted by Crippen LogP contribution is 2.31. The molecule has 2 aliphatic rings. The highest BCUT2D eigenvalue weighted by molar-refractivity contribution is 7.88. The highest BCUT2D eigenvalue weighted by Gasteiger charge is 2.33. The standard InChI is InChI=1S/C16H22N2O5S/c1-24(20,21)17-9-12-5-4-8-18(10-12)16(19)15-11-22-13-6-2-3-7-14(13)23-15/h2-3,6-7,12,15,17H,4-5,8-11H2,1H3. The SMILES string of the molecule is CS(=O)(=O)NCC1CCCN(C(=O)C2COc3ccccc3O2)C1. The molecular weight excluding hydrogens is 332 g/mol. The summed E-state index contributed by atoms with van der Waals surface area (Å²) in [6.07, 6.45) is 2.24. The van der Waals surface area contributed by atoms with Crippen LogP contribution < -0.4 is 14.2 Å². The molecule has 2 unspecified atom stereocenters. The van der Waals surface area contributed by atoms with Crippen molar-refractivity contribution in [1.29, 1.82) is 0 Å². The first-order valence-corrected chi connectivity index (χ1v) is 9.93. The van der Waals surface area contributed by atoms with Gasteiger partial charge in [0.05, 0.1) is 6.26 Å². The van der Waals surface area contributed by atoms with Gasteiger partial charge < -0.3 is 14.4 Å². The van der Waals surface area contributed by atoms with Gasteiger partial charge in [-0.15, -0.1) is 0 Å². The van der Waals surface area contributed by atoms with E-state index in [1.165, 1.54) is 0 Å². The number of likely N-dealkylation sites (tertiary alicyclic amines) is 1. The number of sulfonamides is 1. The Bertz CT molecular complexity index is 706. The van der Waals surface area contributed by atoms with Crippen LogP contribution in [0.3, 0.4) is 0 Å². The van der Waals surface area contributed by atoms with Crippen LogP contribution in [0.15, 0.2) is 24.3 Å². The first-order chi connectivity index (χ1) is 11.4. The number of carbonyl (C=O) groups excluding carboxylic acids is 1. The second-order valence-electron chi connectivity index (χ2n) is 6.28. The zero-order valence-electron chi connectivity index (χ0n) is 13.6. The van der Waals surface area contributed by atoms with E-state index in [4.69, 9.17) is 9.47 Å². The summed E-state index contributed by atoms with van der Waals surface area (Å²) in [5.74, 6) is 1.24. The van der Waals surface area contributed by atoms with Crippen LogP contribution >= 0.6 is 0 Å². The second kappa shape index (κ2) is 6.98. The predicted molar refractivity (Wildman–Crippen MR) is 88.5 cm³/mol. The fourth-order valence-corrected chi connectivity index (χ4v) is 3.58. The van der Waals surface area contributed by atoms with Gasteiger partial charge in [-0.2, -0.15) is 0 Å². The van der Waals surface area contributed by atoms with E-state index in [2.05, 4.69) is 4.72 Å². The van der Waals surface area contributed by atoms with E-state index in [1.54, 1.807) is 11.0 Å². The summed E-state index contributed by atoms with van der Waals surface area (Å²) in [5, 5.41) is 0. The average Bonchev–Trinajstić information content (AvgIpc) is 2.58. The van der Waals surface area contributed by atoms with Gasteiger partial charge in [-0.1, -0.05) is 12.1 Å². The molecule has 24 heavy (non-hydrogen) atoms. The second-order valence-corrected chi connectivity index (χ2v) is 8.11. The number of hydrogen-bond acceptors (Lipinski definition) is 5. The van der Waals surface area contributed by atoms with Gasteiger partial charge in [-0.25, -0.2) is 13.1 Å². The van der Waals surface area contributed by atoms with Crippen molar-refractivity contribution in [2.24, 2.45) is 5.92 Å². The lowest BCUT2D eigenvalue weighted by Gasteiger charge is -2.36. The van der Waals surface area contributed by atoms with Crippen LogP contribution in [0.1, 0.15) is 12.8 Å². The van der Waals surface area contributed by atoms with E-state index < -0.39 is 16.1 Å². The maximum Gasteiger partial charge on any atom is 0.267 e. The third-order valence-electron chi connectivity index (χ3n) is 4.25. The monoisotopic (exact) mass is 354 g/mol. The minimum Gasteiger partial charge on any atom is -0.485 e. The molecule has 2 aliphatic heterocycles. The quantitative estimate of drug-likeness (QED) is 0.857. The first kappa shape index (κ1) is 17.0. The zero-order chi connectivity index (χ0) is 17.2. The molecular formula is C16H22N2O5S. The van der Waals surface area contributed by atoms with Crippen molar-refractivity contribution in [3.05, 3.63) is 24.3 Å². The van der Waals surface area contributed by atoms with Crippen molar-refractivity contribution in [3.8, 4) is 11.5 Å². The smallest absolute Gasteiger partial charge is 0.267 e. The predicted octanol–water partition coefficient (Wildman–Crippen LogP) is 0.614. The minimum absolute atomic E-state index is 0.103. The van der Waals surface area contributed by atoms with Crippen LogP contribution in [0.5, 0.6) is 11.5 Å². The Kier molecular flexibility index (Phi) is 4.96. The van der Waals surface area contributed by atoms with Gasteiger partial charge in [-0.3, -0.25) is 4.79 Å². The summed E-state index contributed by atoms with van der Waals surface area (Å²) < 4.78 is 36.3. The third kappa shape index (κ3) is 4.18. The summed E-state index contributed by atoms with van der Waals surface area (Å²) in [6.45, 7) is 1.74. The molecule has 8 heteroatoms. The molecule has 132 valence electrons. The molecule has 0 radical (unpaired) electrons. The van der Waals surface area contributed by atoms with E-state index in [-0.39, 0.29) is 18.4 Å². The molecule has 1 aromatic carbocycles. The summed E-state index contributed by atoms with van der Waals surface area (Å²) in [4.78, 5) is 14.4. The van der Waals surface area contributed by atoms with Crippen molar-refractivity contribution in [3.63, 3.8) is 0 Å². The Labute approximate surface area is 142 Å². The number of rotatable bonds is 4. The van der Waals surface area contributed by atoms with Gasteiger partial charge in [0.15, 0.2) is 11.5 Å². The number of fused-ring (bicyclic) bond motifs is 1. The van der Waals surface area contributed by atoms with Crippen LogP contribution in [0, 0.1) is 5.92 Å². The Balaban J connectivity index is 1.59. The van der Waals surface area contributed by atoms with E-state index >= 15 is 0 Å². The van der Waals surface area contributed by atoms with Crippen LogP contribution in [0.2, 0.25) is 0 Å². The number of carbonyl (C=O) groups is 1. The highest BCUT2D eigenvalue weighted by atomic mass is 32.2. The van der Waals surface area contributed by atoms with Crippen molar-refractivity contribution in [1.82, 2.24) is 9.62 Å². The molecule has 2 atom stereocenters. The average molecular weight is 354 g/mol. The number of benzene rings is 1.